The van der Waals surface area contributed by atoms with Crippen molar-refractivity contribution in [2.75, 3.05) is 12.3 Å². The van der Waals surface area contributed by atoms with Crippen molar-refractivity contribution in [1.29, 1.82) is 0 Å². The lowest BCUT2D eigenvalue weighted by Crippen LogP contribution is -2.16. The normalized spacial score (nSPS) is 24.3. The number of rotatable bonds is 3. The molecule has 2 rings (SSSR count). The third-order valence-electron chi connectivity index (χ3n) is 2.92. The summed E-state index contributed by atoms with van der Waals surface area (Å²) in [4.78, 5) is 0.725. The van der Waals surface area contributed by atoms with E-state index in [0.29, 0.717) is 5.25 Å². The Hall–Kier alpha value is -0.760. The second-order valence-electron chi connectivity index (χ2n) is 4.23. The number of anilines is 1. The average Bonchev–Trinajstić information content (AvgIpc) is 2.66. The molecule has 1 aliphatic rings. The van der Waals surface area contributed by atoms with Crippen LogP contribution in [-0.4, -0.2) is 26.4 Å². The van der Waals surface area contributed by atoms with E-state index in [-0.39, 0.29) is 16.7 Å². The van der Waals surface area contributed by atoms with Gasteiger partial charge < -0.3 is 10.5 Å². The van der Waals surface area contributed by atoms with Crippen LogP contribution in [0.3, 0.4) is 0 Å². The van der Waals surface area contributed by atoms with Crippen LogP contribution in [0.25, 0.3) is 0 Å². The summed E-state index contributed by atoms with van der Waals surface area (Å²) in [5.41, 5.74) is 6.10. The fourth-order valence-electron chi connectivity index (χ4n) is 1.90. The maximum Gasteiger partial charge on any atom is 0.240 e. The summed E-state index contributed by atoms with van der Waals surface area (Å²) in [7, 11) is -3.77. The summed E-state index contributed by atoms with van der Waals surface area (Å²) in [5, 5.41) is 5.41. The third-order valence-corrected chi connectivity index (χ3v) is 5.42. The summed E-state index contributed by atoms with van der Waals surface area (Å²) in [6, 6.07) is 4.88. The van der Waals surface area contributed by atoms with Gasteiger partial charge in [-0.05, 0) is 25.5 Å². The molecular formula is C11H16N2O3S2. The van der Waals surface area contributed by atoms with E-state index >= 15 is 0 Å². The van der Waals surface area contributed by atoms with Gasteiger partial charge in [0.15, 0.2) is 0 Å². The van der Waals surface area contributed by atoms with Gasteiger partial charge in [0.25, 0.3) is 0 Å². The Kier molecular flexibility index (Phi) is 3.86. The highest BCUT2D eigenvalue weighted by Gasteiger charge is 2.26. The number of nitrogen functional groups attached to an aromatic ring is 1. The van der Waals surface area contributed by atoms with E-state index in [9.17, 15) is 8.42 Å². The first-order valence-corrected chi connectivity index (χ1v) is 8.01. The van der Waals surface area contributed by atoms with E-state index in [2.05, 4.69) is 0 Å². The molecule has 18 heavy (non-hydrogen) atoms. The highest BCUT2D eigenvalue weighted by molar-refractivity contribution is 8.00. The SMILES string of the molecule is CC1OCCC1Sc1cccc(S(N)(=O)=O)c1N. The molecule has 1 fully saturated rings. The molecule has 100 valence electrons. The monoisotopic (exact) mass is 288 g/mol. The molecule has 0 spiro atoms. The van der Waals surface area contributed by atoms with E-state index in [0.717, 1.165) is 17.9 Å². The van der Waals surface area contributed by atoms with E-state index < -0.39 is 10.0 Å². The second kappa shape index (κ2) is 5.08. The topological polar surface area (TPSA) is 95.4 Å². The van der Waals surface area contributed by atoms with Crippen LogP contribution in [0, 0.1) is 0 Å². The van der Waals surface area contributed by atoms with Crippen LogP contribution in [0.5, 0.6) is 0 Å². The van der Waals surface area contributed by atoms with Gasteiger partial charge in [0.2, 0.25) is 10.0 Å². The largest absolute Gasteiger partial charge is 0.397 e. The van der Waals surface area contributed by atoms with Crippen LogP contribution in [0.4, 0.5) is 5.69 Å². The van der Waals surface area contributed by atoms with Gasteiger partial charge >= 0.3 is 0 Å². The highest BCUT2D eigenvalue weighted by Crippen LogP contribution is 2.37. The number of primary sulfonamides is 1. The number of hydrogen-bond acceptors (Lipinski definition) is 5. The summed E-state index contributed by atoms with van der Waals surface area (Å²) >= 11 is 1.55. The van der Waals surface area contributed by atoms with E-state index in [1.165, 1.54) is 6.07 Å². The van der Waals surface area contributed by atoms with E-state index in [1.807, 2.05) is 6.92 Å². The van der Waals surface area contributed by atoms with Crippen molar-refractivity contribution in [3.63, 3.8) is 0 Å². The highest BCUT2D eigenvalue weighted by atomic mass is 32.2. The Balaban J connectivity index is 2.29. The molecule has 0 aliphatic carbocycles. The van der Waals surface area contributed by atoms with Crippen molar-refractivity contribution in [2.45, 2.75) is 34.5 Å². The van der Waals surface area contributed by atoms with Crippen LogP contribution < -0.4 is 10.9 Å². The van der Waals surface area contributed by atoms with Crippen molar-refractivity contribution in [1.82, 2.24) is 0 Å². The lowest BCUT2D eigenvalue weighted by molar-refractivity contribution is 0.127. The van der Waals surface area contributed by atoms with Crippen molar-refractivity contribution in [3.8, 4) is 0 Å². The maximum absolute atomic E-state index is 11.4. The zero-order valence-corrected chi connectivity index (χ0v) is 11.6. The number of benzene rings is 1. The summed E-state index contributed by atoms with van der Waals surface area (Å²) < 4.78 is 28.2. The first-order chi connectivity index (χ1) is 8.39. The zero-order valence-electron chi connectivity index (χ0n) is 10.00. The Morgan fingerprint density at radius 1 is 1.44 bits per heavy atom. The first-order valence-electron chi connectivity index (χ1n) is 5.59. The molecule has 2 unspecified atom stereocenters. The van der Waals surface area contributed by atoms with Crippen LogP contribution in [0.15, 0.2) is 28.0 Å². The van der Waals surface area contributed by atoms with E-state index in [1.54, 1.807) is 23.9 Å². The van der Waals surface area contributed by atoms with Crippen molar-refractivity contribution < 1.29 is 13.2 Å². The molecule has 0 amide bonds. The molecular weight excluding hydrogens is 272 g/mol. The molecule has 0 radical (unpaired) electrons. The first kappa shape index (κ1) is 13.7. The number of thioether (sulfide) groups is 1. The lowest BCUT2D eigenvalue weighted by Gasteiger charge is -2.15. The fraction of sp³-hybridized carbons (Fsp3) is 0.455. The number of hydrogen-bond donors (Lipinski definition) is 2. The van der Waals surface area contributed by atoms with Crippen LogP contribution in [-0.2, 0) is 14.8 Å². The lowest BCUT2D eigenvalue weighted by atomic mass is 10.3. The maximum atomic E-state index is 11.4. The molecule has 0 bridgehead atoms. The Morgan fingerprint density at radius 3 is 2.72 bits per heavy atom. The molecule has 4 N–H and O–H groups in total. The third kappa shape index (κ3) is 2.80. The predicted octanol–water partition coefficient (Wildman–Crippen LogP) is 1.19. The molecule has 1 heterocycles. The number of nitrogens with two attached hydrogens (primary N) is 2. The van der Waals surface area contributed by atoms with Crippen molar-refractivity contribution in [2.24, 2.45) is 5.14 Å². The summed E-state index contributed by atoms with van der Waals surface area (Å²) in [6.45, 7) is 2.73. The Morgan fingerprint density at radius 2 is 2.17 bits per heavy atom. The molecule has 1 aromatic carbocycles. The zero-order chi connectivity index (χ0) is 13.3. The van der Waals surface area contributed by atoms with Crippen LogP contribution in [0.1, 0.15) is 13.3 Å². The average molecular weight is 288 g/mol. The van der Waals surface area contributed by atoms with Gasteiger partial charge in [0.1, 0.15) is 4.90 Å². The molecule has 1 aromatic rings. The van der Waals surface area contributed by atoms with Gasteiger partial charge in [-0.25, -0.2) is 13.6 Å². The van der Waals surface area contributed by atoms with Crippen molar-refractivity contribution >= 4 is 27.5 Å². The molecule has 1 saturated heterocycles. The van der Waals surface area contributed by atoms with Gasteiger partial charge in [0, 0.05) is 16.8 Å². The molecule has 0 aromatic heterocycles. The standard InChI is InChI=1S/C11H16N2O3S2/c1-7-8(5-6-16-7)17-9-3-2-4-10(11(9)12)18(13,14)15/h2-4,7-8H,5-6,12H2,1H3,(H2,13,14,15). The molecule has 1 aliphatic heterocycles. The van der Waals surface area contributed by atoms with Crippen molar-refractivity contribution in [3.05, 3.63) is 18.2 Å². The van der Waals surface area contributed by atoms with Gasteiger partial charge in [-0.1, -0.05) is 6.07 Å². The molecule has 5 nitrogen and oxygen atoms in total. The minimum atomic E-state index is -3.77. The smallest absolute Gasteiger partial charge is 0.240 e. The molecule has 2 atom stereocenters. The Labute approximate surface area is 111 Å². The Bertz CT molecular complexity index is 545. The predicted molar refractivity (Wildman–Crippen MR) is 71.9 cm³/mol. The fourth-order valence-corrected chi connectivity index (χ4v) is 3.86. The number of para-hydroxylation sites is 1. The van der Waals surface area contributed by atoms with Gasteiger partial charge in [0.05, 0.1) is 11.8 Å². The van der Waals surface area contributed by atoms with Gasteiger partial charge in [-0.3, -0.25) is 0 Å². The number of sulfonamides is 1. The minimum absolute atomic E-state index is 0.0148. The molecule has 0 saturated carbocycles. The van der Waals surface area contributed by atoms with Crippen LogP contribution in [0.2, 0.25) is 0 Å². The van der Waals surface area contributed by atoms with Gasteiger partial charge in [-0.15, -0.1) is 11.8 Å². The summed E-state index contributed by atoms with van der Waals surface area (Å²) in [5.74, 6) is 0. The summed E-state index contributed by atoms with van der Waals surface area (Å²) in [6.07, 6.45) is 1.08. The van der Waals surface area contributed by atoms with Crippen LogP contribution >= 0.6 is 11.8 Å². The van der Waals surface area contributed by atoms with Gasteiger partial charge in [-0.2, -0.15) is 0 Å². The quantitative estimate of drug-likeness (QED) is 0.814. The van der Waals surface area contributed by atoms with E-state index in [4.69, 9.17) is 15.6 Å². The minimum Gasteiger partial charge on any atom is -0.397 e. The molecule has 7 heteroatoms. The number of ether oxygens (including phenoxy) is 1. The second-order valence-corrected chi connectivity index (χ2v) is 7.04.